The van der Waals surface area contributed by atoms with Crippen LogP contribution in [0.5, 0.6) is 0 Å². The van der Waals surface area contributed by atoms with Crippen LogP contribution < -0.4 is 5.32 Å². The molecule has 0 saturated heterocycles. The summed E-state index contributed by atoms with van der Waals surface area (Å²) in [6.07, 6.45) is 3.90. The SMILES string of the molecule is Cc1cc(F)cc(C(=O)NC2(CCl)CCC(C)CC2)c1. The summed E-state index contributed by atoms with van der Waals surface area (Å²) in [4.78, 5) is 12.3. The number of hydrogen-bond donors (Lipinski definition) is 1. The van der Waals surface area contributed by atoms with Crippen LogP contribution >= 0.6 is 11.6 Å². The first-order valence-corrected chi connectivity index (χ1v) is 7.63. The van der Waals surface area contributed by atoms with E-state index in [1.165, 1.54) is 12.1 Å². The molecule has 0 atom stereocenters. The van der Waals surface area contributed by atoms with Gasteiger partial charge in [-0.1, -0.05) is 6.92 Å². The molecular formula is C16H21ClFNO. The smallest absolute Gasteiger partial charge is 0.251 e. The molecule has 1 aromatic carbocycles. The molecule has 20 heavy (non-hydrogen) atoms. The number of amides is 1. The molecule has 1 saturated carbocycles. The Morgan fingerprint density at radius 1 is 1.40 bits per heavy atom. The van der Waals surface area contributed by atoms with Gasteiger partial charge in [0, 0.05) is 11.4 Å². The van der Waals surface area contributed by atoms with Gasteiger partial charge in [-0.25, -0.2) is 4.39 Å². The molecule has 1 aliphatic rings. The molecule has 0 spiro atoms. The number of hydrogen-bond acceptors (Lipinski definition) is 1. The maximum Gasteiger partial charge on any atom is 0.251 e. The molecular weight excluding hydrogens is 277 g/mol. The lowest BCUT2D eigenvalue weighted by Gasteiger charge is -2.38. The molecule has 1 N–H and O–H groups in total. The second-order valence-corrected chi connectivity index (χ2v) is 6.34. The van der Waals surface area contributed by atoms with Crippen molar-refractivity contribution in [1.29, 1.82) is 0 Å². The highest BCUT2D eigenvalue weighted by molar-refractivity contribution is 6.19. The number of carbonyl (C=O) groups excluding carboxylic acids is 1. The Labute approximate surface area is 124 Å². The van der Waals surface area contributed by atoms with Crippen molar-refractivity contribution in [2.24, 2.45) is 5.92 Å². The summed E-state index contributed by atoms with van der Waals surface area (Å²) in [6.45, 7) is 4.00. The lowest BCUT2D eigenvalue weighted by atomic mass is 9.78. The number of nitrogens with one attached hydrogen (secondary N) is 1. The van der Waals surface area contributed by atoms with Gasteiger partial charge >= 0.3 is 0 Å². The first-order valence-electron chi connectivity index (χ1n) is 7.10. The van der Waals surface area contributed by atoms with E-state index in [0.29, 0.717) is 17.4 Å². The van der Waals surface area contributed by atoms with Crippen molar-refractivity contribution >= 4 is 17.5 Å². The van der Waals surface area contributed by atoms with E-state index >= 15 is 0 Å². The van der Waals surface area contributed by atoms with E-state index in [2.05, 4.69) is 12.2 Å². The molecule has 2 rings (SSSR count). The van der Waals surface area contributed by atoms with Gasteiger partial charge in [0.1, 0.15) is 5.82 Å². The zero-order valence-corrected chi connectivity index (χ0v) is 12.8. The Hall–Kier alpha value is -1.09. The monoisotopic (exact) mass is 297 g/mol. The number of aryl methyl sites for hydroxylation is 1. The van der Waals surface area contributed by atoms with Crippen molar-refractivity contribution in [2.45, 2.75) is 45.1 Å². The number of halogens is 2. The fourth-order valence-corrected chi connectivity index (χ4v) is 3.12. The van der Waals surface area contributed by atoms with Crippen LogP contribution in [0.2, 0.25) is 0 Å². The Kier molecular flexibility index (Phi) is 4.69. The van der Waals surface area contributed by atoms with Gasteiger partial charge < -0.3 is 5.32 Å². The number of benzene rings is 1. The van der Waals surface area contributed by atoms with Crippen LogP contribution in [0.15, 0.2) is 18.2 Å². The minimum atomic E-state index is -0.382. The van der Waals surface area contributed by atoms with Crippen molar-refractivity contribution in [1.82, 2.24) is 5.32 Å². The van der Waals surface area contributed by atoms with Crippen LogP contribution in [-0.4, -0.2) is 17.3 Å². The molecule has 4 heteroatoms. The number of carbonyl (C=O) groups is 1. The van der Waals surface area contributed by atoms with Gasteiger partial charge in [-0.2, -0.15) is 0 Å². The Balaban J connectivity index is 2.13. The standard InChI is InChI=1S/C16H21ClFNO/c1-11-3-5-16(10-17,6-4-11)19-15(20)13-7-12(2)8-14(18)9-13/h7-9,11H,3-6,10H2,1-2H3,(H,19,20). The summed E-state index contributed by atoms with van der Waals surface area (Å²) in [6, 6.07) is 4.39. The van der Waals surface area contributed by atoms with Gasteiger partial charge in [-0.15, -0.1) is 11.6 Å². The summed E-state index contributed by atoms with van der Waals surface area (Å²) < 4.78 is 13.4. The third kappa shape index (κ3) is 3.51. The topological polar surface area (TPSA) is 29.1 Å². The summed E-state index contributed by atoms with van der Waals surface area (Å²) in [5.74, 6) is 0.467. The molecule has 0 aliphatic heterocycles. The lowest BCUT2D eigenvalue weighted by molar-refractivity contribution is 0.0872. The third-order valence-corrected chi connectivity index (χ3v) is 4.68. The van der Waals surface area contributed by atoms with Crippen LogP contribution in [0.4, 0.5) is 4.39 Å². The Bertz CT molecular complexity index is 475. The van der Waals surface area contributed by atoms with Crippen molar-refractivity contribution in [3.05, 3.63) is 35.1 Å². The first-order chi connectivity index (χ1) is 9.44. The fraction of sp³-hybridized carbons (Fsp3) is 0.562. The second kappa shape index (κ2) is 6.13. The van der Waals surface area contributed by atoms with E-state index in [0.717, 1.165) is 31.2 Å². The van der Waals surface area contributed by atoms with Crippen molar-refractivity contribution < 1.29 is 9.18 Å². The molecule has 0 aromatic heterocycles. The molecule has 1 fully saturated rings. The predicted octanol–water partition coefficient (Wildman–Crippen LogP) is 4.05. The summed E-state index contributed by atoms with van der Waals surface area (Å²) in [5, 5.41) is 3.04. The molecule has 0 heterocycles. The van der Waals surface area contributed by atoms with Gasteiger partial charge in [-0.05, 0) is 62.3 Å². The largest absolute Gasteiger partial charge is 0.345 e. The van der Waals surface area contributed by atoms with Crippen LogP contribution in [0.1, 0.15) is 48.5 Å². The minimum Gasteiger partial charge on any atom is -0.345 e. The fourth-order valence-electron chi connectivity index (χ4n) is 2.79. The maximum absolute atomic E-state index is 13.4. The predicted molar refractivity (Wildman–Crippen MR) is 79.7 cm³/mol. The van der Waals surface area contributed by atoms with E-state index in [9.17, 15) is 9.18 Å². The highest BCUT2D eigenvalue weighted by Gasteiger charge is 2.35. The van der Waals surface area contributed by atoms with Crippen molar-refractivity contribution in [3.8, 4) is 0 Å². The number of rotatable bonds is 3. The molecule has 1 aliphatic carbocycles. The Morgan fingerprint density at radius 2 is 2.05 bits per heavy atom. The molecule has 2 nitrogen and oxygen atoms in total. The van der Waals surface area contributed by atoms with E-state index in [-0.39, 0.29) is 17.3 Å². The highest BCUT2D eigenvalue weighted by Crippen LogP contribution is 2.33. The zero-order chi connectivity index (χ0) is 14.8. The molecule has 110 valence electrons. The molecule has 1 amide bonds. The second-order valence-electron chi connectivity index (χ2n) is 6.07. The normalized spacial score (nSPS) is 26.3. The van der Waals surface area contributed by atoms with Gasteiger partial charge in [-0.3, -0.25) is 4.79 Å². The van der Waals surface area contributed by atoms with Gasteiger partial charge in [0.05, 0.1) is 5.54 Å². The molecule has 0 unspecified atom stereocenters. The van der Waals surface area contributed by atoms with Gasteiger partial charge in [0.2, 0.25) is 0 Å². The zero-order valence-electron chi connectivity index (χ0n) is 12.0. The minimum absolute atomic E-state index is 0.234. The molecule has 0 bridgehead atoms. The number of alkyl halides is 1. The molecule has 0 radical (unpaired) electrons. The van der Waals surface area contributed by atoms with Crippen molar-refractivity contribution in [3.63, 3.8) is 0 Å². The summed E-state index contributed by atoms with van der Waals surface area (Å²) in [5.41, 5.74) is 0.767. The van der Waals surface area contributed by atoms with E-state index in [1.807, 2.05) is 0 Å². The van der Waals surface area contributed by atoms with Crippen LogP contribution in [-0.2, 0) is 0 Å². The lowest BCUT2D eigenvalue weighted by Crippen LogP contribution is -2.52. The Morgan fingerprint density at radius 3 is 2.60 bits per heavy atom. The van der Waals surface area contributed by atoms with E-state index in [4.69, 9.17) is 11.6 Å². The van der Waals surface area contributed by atoms with Gasteiger partial charge in [0.25, 0.3) is 5.91 Å². The van der Waals surface area contributed by atoms with Crippen LogP contribution in [0, 0.1) is 18.7 Å². The maximum atomic E-state index is 13.4. The van der Waals surface area contributed by atoms with Crippen LogP contribution in [0.25, 0.3) is 0 Å². The van der Waals surface area contributed by atoms with Crippen molar-refractivity contribution in [2.75, 3.05) is 5.88 Å². The average Bonchev–Trinajstić information content (AvgIpc) is 2.40. The molecule has 1 aromatic rings. The van der Waals surface area contributed by atoms with Gasteiger partial charge in [0.15, 0.2) is 0 Å². The highest BCUT2D eigenvalue weighted by atomic mass is 35.5. The average molecular weight is 298 g/mol. The van der Waals surface area contributed by atoms with Crippen LogP contribution in [0.3, 0.4) is 0 Å². The first kappa shape index (κ1) is 15.3. The summed E-state index contributed by atoms with van der Waals surface area (Å²) >= 11 is 6.09. The third-order valence-electron chi connectivity index (χ3n) is 4.17. The van der Waals surface area contributed by atoms with E-state index < -0.39 is 0 Å². The van der Waals surface area contributed by atoms with E-state index in [1.54, 1.807) is 13.0 Å². The summed E-state index contributed by atoms with van der Waals surface area (Å²) in [7, 11) is 0. The quantitative estimate of drug-likeness (QED) is 0.838.